The van der Waals surface area contributed by atoms with E-state index in [0.29, 0.717) is 13.1 Å². The van der Waals surface area contributed by atoms with E-state index in [1.807, 2.05) is 23.1 Å². The number of hydrogen-bond donors (Lipinski definition) is 1. The third kappa shape index (κ3) is 4.03. The Morgan fingerprint density at radius 2 is 1.85 bits per heavy atom. The number of hydrogen-bond acceptors (Lipinski definition) is 5. The molecule has 0 saturated carbocycles. The number of para-hydroxylation sites is 1. The van der Waals surface area contributed by atoms with Gasteiger partial charge in [0, 0.05) is 44.7 Å². The summed E-state index contributed by atoms with van der Waals surface area (Å²) in [6, 6.07) is 10.3. The number of carbonyl (C=O) groups excluding carboxylic acids is 2. The molecule has 0 bridgehead atoms. The molecular formula is C20H28N4O3. The van der Waals surface area contributed by atoms with Crippen molar-refractivity contribution in [3.8, 4) is 0 Å². The predicted molar refractivity (Wildman–Crippen MR) is 103 cm³/mol. The Morgan fingerprint density at radius 1 is 1.07 bits per heavy atom. The number of piperidine rings is 1. The molecule has 3 aliphatic rings. The van der Waals surface area contributed by atoms with Crippen molar-refractivity contribution in [3.63, 3.8) is 0 Å². The van der Waals surface area contributed by atoms with Gasteiger partial charge >= 0.3 is 6.09 Å². The lowest BCUT2D eigenvalue weighted by atomic mass is 9.92. The van der Waals surface area contributed by atoms with Gasteiger partial charge in [-0.3, -0.25) is 9.69 Å². The Balaban J connectivity index is 1.33. The fourth-order valence-corrected chi connectivity index (χ4v) is 4.28. The van der Waals surface area contributed by atoms with Crippen molar-refractivity contribution in [1.82, 2.24) is 15.1 Å². The minimum Gasteiger partial charge on any atom is -0.441 e. The van der Waals surface area contributed by atoms with Crippen LogP contribution in [0.3, 0.4) is 0 Å². The van der Waals surface area contributed by atoms with Crippen molar-refractivity contribution in [1.29, 1.82) is 0 Å². The van der Waals surface area contributed by atoms with Crippen LogP contribution in [0.25, 0.3) is 0 Å². The zero-order valence-corrected chi connectivity index (χ0v) is 15.7. The summed E-state index contributed by atoms with van der Waals surface area (Å²) >= 11 is 0. The van der Waals surface area contributed by atoms with Gasteiger partial charge in [-0.05, 0) is 31.6 Å². The summed E-state index contributed by atoms with van der Waals surface area (Å²) in [5, 5.41) is 3.29. The van der Waals surface area contributed by atoms with Crippen LogP contribution in [0.5, 0.6) is 0 Å². The van der Waals surface area contributed by atoms with Crippen LogP contribution in [0, 0.1) is 0 Å². The van der Waals surface area contributed by atoms with Gasteiger partial charge in [-0.2, -0.15) is 0 Å². The van der Waals surface area contributed by atoms with Crippen molar-refractivity contribution in [2.45, 2.75) is 24.9 Å². The molecule has 3 saturated heterocycles. The summed E-state index contributed by atoms with van der Waals surface area (Å²) in [7, 11) is 0. The lowest BCUT2D eigenvalue weighted by Gasteiger charge is -2.31. The standard InChI is InChI=1S/C20H28N4O3/c25-18(15-24-16-20(27-19(24)26)7-9-21-10-8-20)23-12-4-11-22(13-14-23)17-5-2-1-3-6-17/h1-3,5-6,21H,4,7-16H2. The molecule has 3 aliphatic heterocycles. The van der Waals surface area contributed by atoms with E-state index in [2.05, 4.69) is 22.3 Å². The van der Waals surface area contributed by atoms with E-state index in [4.69, 9.17) is 4.74 Å². The summed E-state index contributed by atoms with van der Waals surface area (Å²) in [6.07, 6.45) is 2.23. The molecule has 0 aromatic heterocycles. The van der Waals surface area contributed by atoms with E-state index in [1.54, 1.807) is 4.90 Å². The minimum absolute atomic E-state index is 0.0212. The van der Waals surface area contributed by atoms with Crippen LogP contribution in [0.15, 0.2) is 30.3 Å². The smallest absolute Gasteiger partial charge is 0.410 e. The second kappa shape index (κ2) is 7.76. The fourth-order valence-electron chi connectivity index (χ4n) is 4.28. The lowest BCUT2D eigenvalue weighted by molar-refractivity contribution is -0.131. The highest BCUT2D eigenvalue weighted by Crippen LogP contribution is 2.31. The Hall–Kier alpha value is -2.28. The molecule has 7 heteroatoms. The Morgan fingerprint density at radius 3 is 2.63 bits per heavy atom. The summed E-state index contributed by atoms with van der Waals surface area (Å²) in [6.45, 7) is 5.55. The van der Waals surface area contributed by atoms with Crippen molar-refractivity contribution in [3.05, 3.63) is 30.3 Å². The van der Waals surface area contributed by atoms with Crippen LogP contribution >= 0.6 is 0 Å². The molecule has 0 radical (unpaired) electrons. The van der Waals surface area contributed by atoms with E-state index in [9.17, 15) is 9.59 Å². The molecule has 0 aliphatic carbocycles. The molecule has 4 rings (SSSR count). The molecule has 1 aromatic rings. The average Bonchev–Trinajstić information content (AvgIpc) is 2.87. The number of carbonyl (C=O) groups is 2. The maximum absolute atomic E-state index is 12.8. The van der Waals surface area contributed by atoms with Crippen LogP contribution in [0.1, 0.15) is 19.3 Å². The Bertz CT molecular complexity index is 675. The second-order valence-electron chi connectivity index (χ2n) is 7.71. The maximum atomic E-state index is 12.8. The molecule has 3 heterocycles. The Kier molecular flexibility index (Phi) is 5.20. The van der Waals surface area contributed by atoms with E-state index in [0.717, 1.165) is 52.0 Å². The molecule has 3 fully saturated rings. The molecule has 1 N–H and O–H groups in total. The monoisotopic (exact) mass is 372 g/mol. The third-order valence-corrected chi connectivity index (χ3v) is 5.85. The molecular weight excluding hydrogens is 344 g/mol. The van der Waals surface area contributed by atoms with Gasteiger partial charge in [0.1, 0.15) is 12.1 Å². The maximum Gasteiger partial charge on any atom is 0.410 e. The Labute approximate surface area is 160 Å². The summed E-state index contributed by atoms with van der Waals surface area (Å²) in [5.74, 6) is 0.0212. The number of ether oxygens (including phenoxy) is 1. The zero-order valence-electron chi connectivity index (χ0n) is 15.7. The summed E-state index contributed by atoms with van der Waals surface area (Å²) in [5.41, 5.74) is 0.800. The normalized spacial score (nSPS) is 22.7. The van der Waals surface area contributed by atoms with Gasteiger partial charge in [-0.1, -0.05) is 18.2 Å². The highest BCUT2D eigenvalue weighted by atomic mass is 16.6. The number of rotatable bonds is 3. The van der Waals surface area contributed by atoms with Crippen molar-refractivity contribution < 1.29 is 14.3 Å². The quantitative estimate of drug-likeness (QED) is 0.866. The fraction of sp³-hybridized carbons (Fsp3) is 0.600. The predicted octanol–water partition coefficient (Wildman–Crippen LogP) is 1.30. The highest BCUT2D eigenvalue weighted by Gasteiger charge is 2.46. The number of benzene rings is 1. The SMILES string of the molecule is O=C(CN1CC2(CCNCC2)OC1=O)N1CCCN(c2ccccc2)CC1. The van der Waals surface area contributed by atoms with Crippen LogP contribution in [0.2, 0.25) is 0 Å². The van der Waals surface area contributed by atoms with Crippen LogP contribution in [-0.2, 0) is 9.53 Å². The number of nitrogens with one attached hydrogen (secondary N) is 1. The first-order valence-corrected chi connectivity index (χ1v) is 9.92. The molecule has 0 unspecified atom stereocenters. The zero-order chi connectivity index (χ0) is 18.7. The number of nitrogens with zero attached hydrogens (tertiary/aromatic N) is 3. The molecule has 7 nitrogen and oxygen atoms in total. The van der Waals surface area contributed by atoms with Crippen LogP contribution in [0.4, 0.5) is 10.5 Å². The van der Waals surface area contributed by atoms with Crippen molar-refractivity contribution in [2.24, 2.45) is 0 Å². The van der Waals surface area contributed by atoms with Crippen LogP contribution in [-0.4, -0.2) is 79.8 Å². The minimum atomic E-state index is -0.397. The van der Waals surface area contributed by atoms with Gasteiger partial charge in [0.15, 0.2) is 0 Å². The van der Waals surface area contributed by atoms with E-state index >= 15 is 0 Å². The topological polar surface area (TPSA) is 65.1 Å². The van der Waals surface area contributed by atoms with Crippen molar-refractivity contribution >= 4 is 17.7 Å². The van der Waals surface area contributed by atoms with Gasteiger partial charge < -0.3 is 19.9 Å². The van der Waals surface area contributed by atoms with E-state index < -0.39 is 5.60 Å². The van der Waals surface area contributed by atoms with Crippen LogP contribution < -0.4 is 10.2 Å². The van der Waals surface area contributed by atoms with E-state index in [-0.39, 0.29) is 18.5 Å². The van der Waals surface area contributed by atoms with Gasteiger partial charge in [-0.15, -0.1) is 0 Å². The van der Waals surface area contributed by atoms with Gasteiger partial charge in [0.25, 0.3) is 0 Å². The lowest BCUT2D eigenvalue weighted by Crippen LogP contribution is -2.46. The highest BCUT2D eigenvalue weighted by molar-refractivity contribution is 5.83. The molecule has 1 aromatic carbocycles. The number of anilines is 1. The third-order valence-electron chi connectivity index (χ3n) is 5.85. The molecule has 0 atom stereocenters. The molecule has 27 heavy (non-hydrogen) atoms. The van der Waals surface area contributed by atoms with Gasteiger partial charge in [0.05, 0.1) is 6.54 Å². The van der Waals surface area contributed by atoms with Gasteiger partial charge in [0.2, 0.25) is 5.91 Å². The summed E-state index contributed by atoms with van der Waals surface area (Å²) < 4.78 is 5.66. The largest absolute Gasteiger partial charge is 0.441 e. The first-order chi connectivity index (χ1) is 13.2. The summed E-state index contributed by atoms with van der Waals surface area (Å²) in [4.78, 5) is 30.9. The first-order valence-electron chi connectivity index (χ1n) is 9.92. The van der Waals surface area contributed by atoms with Crippen molar-refractivity contribution in [2.75, 3.05) is 57.3 Å². The second-order valence-corrected chi connectivity index (χ2v) is 7.71. The first kappa shape index (κ1) is 18.1. The van der Waals surface area contributed by atoms with E-state index in [1.165, 1.54) is 5.69 Å². The molecule has 146 valence electrons. The molecule has 1 spiro atoms. The molecule has 2 amide bonds. The van der Waals surface area contributed by atoms with Gasteiger partial charge in [-0.25, -0.2) is 4.79 Å². The number of amides is 2. The average molecular weight is 372 g/mol.